The van der Waals surface area contributed by atoms with E-state index in [1.807, 2.05) is 24.3 Å². The summed E-state index contributed by atoms with van der Waals surface area (Å²) in [5.41, 5.74) is 3.19. The number of aromatic amines is 1. The van der Waals surface area contributed by atoms with Crippen LogP contribution in [0, 0.1) is 6.92 Å². The van der Waals surface area contributed by atoms with Gasteiger partial charge in [0.2, 0.25) is 0 Å². The van der Waals surface area contributed by atoms with Gasteiger partial charge in [-0.3, -0.25) is 9.88 Å². The lowest BCUT2D eigenvalue weighted by Gasteiger charge is -2.30. The lowest BCUT2D eigenvalue weighted by Crippen LogP contribution is -2.32. The second kappa shape index (κ2) is 8.02. The van der Waals surface area contributed by atoms with Crippen LogP contribution >= 0.6 is 0 Å². The molecule has 0 saturated carbocycles. The smallest absolute Gasteiger partial charge is 0.348 e. The van der Waals surface area contributed by atoms with Gasteiger partial charge in [-0.05, 0) is 62.7 Å². The van der Waals surface area contributed by atoms with E-state index in [4.69, 9.17) is 4.74 Å². The quantitative estimate of drug-likeness (QED) is 0.740. The number of benzene rings is 2. The zero-order valence-corrected chi connectivity index (χ0v) is 16.4. The zero-order chi connectivity index (χ0) is 19.5. The maximum atomic E-state index is 12.4. The minimum atomic E-state index is -0.192. The molecule has 1 aliphatic heterocycles. The molecule has 0 spiro atoms. The van der Waals surface area contributed by atoms with Gasteiger partial charge in [-0.15, -0.1) is 5.10 Å². The fraction of sp³-hybridized carbons (Fsp3) is 0.364. The third kappa shape index (κ3) is 4.02. The van der Waals surface area contributed by atoms with E-state index < -0.39 is 0 Å². The van der Waals surface area contributed by atoms with E-state index in [-0.39, 0.29) is 5.69 Å². The SMILES string of the molecule is COc1ccc(-n2nc(C3CCN(Cc4ccc(C)cc4)CC3)[nH]c2=O)cc1. The van der Waals surface area contributed by atoms with Crippen molar-refractivity contribution in [1.29, 1.82) is 0 Å². The van der Waals surface area contributed by atoms with Crippen molar-refractivity contribution in [2.24, 2.45) is 0 Å². The van der Waals surface area contributed by atoms with E-state index in [1.54, 1.807) is 7.11 Å². The molecule has 0 radical (unpaired) electrons. The van der Waals surface area contributed by atoms with Crippen molar-refractivity contribution in [1.82, 2.24) is 19.7 Å². The lowest BCUT2D eigenvalue weighted by atomic mass is 9.96. The summed E-state index contributed by atoms with van der Waals surface area (Å²) < 4.78 is 6.61. The predicted octanol–water partition coefficient (Wildman–Crippen LogP) is 3.26. The number of nitrogens with zero attached hydrogens (tertiary/aromatic N) is 3. The summed E-state index contributed by atoms with van der Waals surface area (Å²) in [5, 5.41) is 4.57. The number of hydrogen-bond acceptors (Lipinski definition) is 4. The number of methoxy groups -OCH3 is 1. The minimum Gasteiger partial charge on any atom is -0.497 e. The number of H-pyrrole nitrogens is 1. The fourth-order valence-electron chi connectivity index (χ4n) is 3.74. The predicted molar refractivity (Wildman–Crippen MR) is 109 cm³/mol. The Morgan fingerprint density at radius 3 is 2.39 bits per heavy atom. The molecule has 1 aliphatic rings. The minimum absolute atomic E-state index is 0.192. The van der Waals surface area contributed by atoms with Crippen LogP contribution in [0.3, 0.4) is 0 Å². The monoisotopic (exact) mass is 378 g/mol. The summed E-state index contributed by atoms with van der Waals surface area (Å²) in [6.45, 7) is 5.11. The van der Waals surface area contributed by atoms with Gasteiger partial charge in [-0.2, -0.15) is 4.68 Å². The molecule has 4 rings (SSSR count). The van der Waals surface area contributed by atoms with E-state index in [9.17, 15) is 4.79 Å². The van der Waals surface area contributed by atoms with Gasteiger partial charge >= 0.3 is 5.69 Å². The van der Waals surface area contributed by atoms with E-state index in [0.717, 1.165) is 49.7 Å². The average molecular weight is 378 g/mol. The van der Waals surface area contributed by atoms with Gasteiger partial charge in [0.1, 0.15) is 11.6 Å². The molecule has 0 bridgehead atoms. The normalized spacial score (nSPS) is 15.6. The Morgan fingerprint density at radius 2 is 1.75 bits per heavy atom. The van der Waals surface area contributed by atoms with Crippen LogP contribution in [-0.2, 0) is 6.54 Å². The third-order valence-electron chi connectivity index (χ3n) is 5.45. The number of ether oxygens (including phenoxy) is 1. The molecule has 6 nitrogen and oxygen atoms in total. The summed E-state index contributed by atoms with van der Waals surface area (Å²) in [6.07, 6.45) is 2.00. The summed E-state index contributed by atoms with van der Waals surface area (Å²) in [4.78, 5) is 17.8. The summed E-state index contributed by atoms with van der Waals surface area (Å²) in [6, 6.07) is 16.1. The molecule has 28 heavy (non-hydrogen) atoms. The molecule has 2 heterocycles. The Bertz CT molecular complexity index is 965. The standard InChI is InChI=1S/C22H26N4O2/c1-16-3-5-17(6-4-16)15-25-13-11-18(12-14-25)21-23-22(27)26(24-21)19-7-9-20(28-2)10-8-19/h3-10,18H,11-15H2,1-2H3,(H,23,24,27). The lowest BCUT2D eigenvalue weighted by molar-refractivity contribution is 0.201. The van der Waals surface area contributed by atoms with Crippen LogP contribution in [-0.4, -0.2) is 39.9 Å². The van der Waals surface area contributed by atoms with E-state index >= 15 is 0 Å². The number of likely N-dealkylation sites (tertiary alicyclic amines) is 1. The van der Waals surface area contributed by atoms with Gasteiger partial charge in [0.25, 0.3) is 0 Å². The van der Waals surface area contributed by atoms with Gasteiger partial charge < -0.3 is 4.74 Å². The molecule has 1 fully saturated rings. The second-order valence-corrected chi connectivity index (χ2v) is 7.46. The third-order valence-corrected chi connectivity index (χ3v) is 5.45. The molecule has 1 aromatic heterocycles. The topological polar surface area (TPSA) is 63.1 Å². The molecule has 6 heteroatoms. The number of piperidine rings is 1. The highest BCUT2D eigenvalue weighted by Crippen LogP contribution is 2.26. The Morgan fingerprint density at radius 1 is 1.07 bits per heavy atom. The Labute approximate surface area is 164 Å². The molecule has 3 aromatic rings. The first kappa shape index (κ1) is 18.5. The maximum Gasteiger partial charge on any atom is 0.348 e. The molecule has 0 unspecified atom stereocenters. The molecule has 2 aromatic carbocycles. The number of aromatic nitrogens is 3. The second-order valence-electron chi connectivity index (χ2n) is 7.46. The fourth-order valence-corrected chi connectivity index (χ4v) is 3.74. The number of nitrogens with one attached hydrogen (secondary N) is 1. The summed E-state index contributed by atoms with van der Waals surface area (Å²) in [5.74, 6) is 1.84. The molecule has 146 valence electrons. The van der Waals surface area contributed by atoms with Crippen molar-refractivity contribution in [3.63, 3.8) is 0 Å². The Kier molecular flexibility index (Phi) is 5.30. The van der Waals surface area contributed by atoms with Crippen molar-refractivity contribution in [3.8, 4) is 11.4 Å². The van der Waals surface area contributed by atoms with Crippen molar-refractivity contribution >= 4 is 0 Å². The number of hydrogen-bond donors (Lipinski definition) is 1. The Hall–Kier alpha value is -2.86. The van der Waals surface area contributed by atoms with Crippen molar-refractivity contribution < 1.29 is 4.74 Å². The molecular formula is C22H26N4O2. The molecule has 0 atom stereocenters. The summed E-state index contributed by atoms with van der Waals surface area (Å²) in [7, 11) is 1.62. The Balaban J connectivity index is 1.40. The van der Waals surface area contributed by atoms with Crippen LogP contribution in [0.15, 0.2) is 53.3 Å². The van der Waals surface area contributed by atoms with Gasteiger partial charge in [0.05, 0.1) is 12.8 Å². The van der Waals surface area contributed by atoms with Gasteiger partial charge in [-0.1, -0.05) is 29.8 Å². The first-order chi connectivity index (χ1) is 13.6. The molecular weight excluding hydrogens is 352 g/mol. The van der Waals surface area contributed by atoms with E-state index in [2.05, 4.69) is 46.2 Å². The summed E-state index contributed by atoms with van der Waals surface area (Å²) >= 11 is 0. The largest absolute Gasteiger partial charge is 0.497 e. The molecule has 0 amide bonds. The highest BCUT2D eigenvalue weighted by Gasteiger charge is 2.24. The van der Waals surface area contributed by atoms with Gasteiger partial charge in [-0.25, -0.2) is 4.79 Å². The van der Waals surface area contributed by atoms with Crippen molar-refractivity contribution in [2.45, 2.75) is 32.2 Å². The van der Waals surface area contributed by atoms with Crippen LogP contribution in [0.25, 0.3) is 5.69 Å². The zero-order valence-electron chi connectivity index (χ0n) is 16.4. The molecule has 1 N–H and O–H groups in total. The van der Waals surface area contributed by atoms with Crippen LogP contribution in [0.1, 0.15) is 35.7 Å². The van der Waals surface area contributed by atoms with Crippen LogP contribution < -0.4 is 10.4 Å². The molecule has 0 aliphatic carbocycles. The van der Waals surface area contributed by atoms with E-state index in [1.165, 1.54) is 15.8 Å². The highest BCUT2D eigenvalue weighted by atomic mass is 16.5. The van der Waals surface area contributed by atoms with Crippen molar-refractivity contribution in [2.75, 3.05) is 20.2 Å². The first-order valence-electron chi connectivity index (χ1n) is 9.74. The van der Waals surface area contributed by atoms with Crippen LogP contribution in [0.5, 0.6) is 5.75 Å². The first-order valence-corrected chi connectivity index (χ1v) is 9.74. The maximum absolute atomic E-state index is 12.4. The van der Waals surface area contributed by atoms with Crippen LogP contribution in [0.2, 0.25) is 0 Å². The number of rotatable bonds is 5. The van der Waals surface area contributed by atoms with Gasteiger partial charge in [0, 0.05) is 12.5 Å². The molecule has 1 saturated heterocycles. The average Bonchev–Trinajstić information content (AvgIpc) is 3.12. The van der Waals surface area contributed by atoms with E-state index in [0.29, 0.717) is 5.92 Å². The highest BCUT2D eigenvalue weighted by molar-refractivity contribution is 5.36. The number of aryl methyl sites for hydroxylation is 1. The van der Waals surface area contributed by atoms with Crippen LogP contribution in [0.4, 0.5) is 0 Å². The van der Waals surface area contributed by atoms with Crippen molar-refractivity contribution in [3.05, 3.63) is 76.0 Å². The van der Waals surface area contributed by atoms with Gasteiger partial charge in [0.15, 0.2) is 0 Å².